The van der Waals surface area contributed by atoms with Gasteiger partial charge in [0, 0.05) is 44.0 Å². The Morgan fingerprint density at radius 1 is 1.15 bits per heavy atom. The third kappa shape index (κ3) is 3.42. The predicted octanol–water partition coefficient (Wildman–Crippen LogP) is 3.61. The second-order valence-electron chi connectivity index (χ2n) is 7.57. The van der Waals surface area contributed by atoms with Crippen molar-refractivity contribution in [3.63, 3.8) is 0 Å². The van der Waals surface area contributed by atoms with Crippen molar-refractivity contribution in [3.8, 4) is 0 Å². The van der Waals surface area contributed by atoms with Crippen LogP contribution in [0.5, 0.6) is 0 Å². The van der Waals surface area contributed by atoms with Gasteiger partial charge in [0.05, 0.1) is 6.04 Å². The number of carbonyl (C=O) groups is 2. The van der Waals surface area contributed by atoms with Crippen molar-refractivity contribution in [1.29, 1.82) is 0 Å². The van der Waals surface area contributed by atoms with E-state index in [2.05, 4.69) is 34.5 Å². The van der Waals surface area contributed by atoms with Crippen molar-refractivity contribution in [2.45, 2.75) is 31.7 Å². The Kier molecular flexibility index (Phi) is 4.60. The summed E-state index contributed by atoms with van der Waals surface area (Å²) < 4.78 is 0. The van der Waals surface area contributed by atoms with Crippen LogP contribution >= 0.6 is 0 Å². The number of hydrogen-bond acceptors (Lipinski definition) is 3. The van der Waals surface area contributed by atoms with Crippen molar-refractivity contribution in [2.75, 3.05) is 30.9 Å². The summed E-state index contributed by atoms with van der Waals surface area (Å²) in [4.78, 5) is 28.9. The molecule has 2 aliphatic rings. The van der Waals surface area contributed by atoms with Gasteiger partial charge in [0.1, 0.15) is 0 Å². The summed E-state index contributed by atoms with van der Waals surface area (Å²) in [5.74, 6) is 0.120. The minimum atomic E-state index is 0.0435. The Morgan fingerprint density at radius 2 is 2.00 bits per heavy atom. The van der Waals surface area contributed by atoms with Gasteiger partial charge in [0.25, 0.3) is 5.91 Å². The van der Waals surface area contributed by atoms with Crippen molar-refractivity contribution in [2.24, 2.45) is 0 Å². The zero-order valence-electron chi connectivity index (χ0n) is 15.9. The fraction of sp³-hybridized carbons (Fsp3) is 0.364. The SMILES string of the molecule is CN(C)c1cccc(C2CCCN2C(=O)c2ccc3c(c2)CCC(=O)N3)c1. The lowest BCUT2D eigenvalue weighted by molar-refractivity contribution is -0.116. The van der Waals surface area contributed by atoms with E-state index in [9.17, 15) is 9.59 Å². The zero-order chi connectivity index (χ0) is 19.0. The fourth-order valence-corrected chi connectivity index (χ4v) is 4.05. The van der Waals surface area contributed by atoms with Crippen molar-refractivity contribution >= 4 is 23.2 Å². The summed E-state index contributed by atoms with van der Waals surface area (Å²) in [6, 6.07) is 14.2. The van der Waals surface area contributed by atoms with Crippen LogP contribution in [-0.4, -0.2) is 37.4 Å². The predicted molar refractivity (Wildman–Crippen MR) is 107 cm³/mol. The van der Waals surface area contributed by atoms with Crippen LogP contribution in [-0.2, 0) is 11.2 Å². The first-order valence-corrected chi connectivity index (χ1v) is 9.54. The second-order valence-corrected chi connectivity index (χ2v) is 7.57. The number of carbonyl (C=O) groups excluding carboxylic acids is 2. The largest absolute Gasteiger partial charge is 0.378 e. The number of nitrogens with zero attached hydrogens (tertiary/aromatic N) is 2. The molecular weight excluding hydrogens is 338 g/mol. The molecule has 0 spiro atoms. The molecule has 0 radical (unpaired) electrons. The average Bonchev–Trinajstić information content (AvgIpc) is 3.17. The zero-order valence-corrected chi connectivity index (χ0v) is 15.9. The van der Waals surface area contributed by atoms with Crippen LogP contribution in [0, 0.1) is 0 Å². The summed E-state index contributed by atoms with van der Waals surface area (Å²) in [6.45, 7) is 0.781. The van der Waals surface area contributed by atoms with Gasteiger partial charge in [0.15, 0.2) is 0 Å². The molecule has 1 atom stereocenters. The number of fused-ring (bicyclic) bond motifs is 1. The lowest BCUT2D eigenvalue weighted by Gasteiger charge is -2.27. The lowest BCUT2D eigenvalue weighted by Crippen LogP contribution is -2.31. The van der Waals surface area contributed by atoms with E-state index in [4.69, 9.17) is 0 Å². The normalized spacial score (nSPS) is 18.8. The Labute approximate surface area is 160 Å². The highest BCUT2D eigenvalue weighted by Gasteiger charge is 2.31. The Balaban J connectivity index is 1.60. The number of amides is 2. The average molecular weight is 363 g/mol. The molecule has 2 aliphatic heterocycles. The molecule has 0 aliphatic carbocycles. The van der Waals surface area contributed by atoms with Gasteiger partial charge in [-0.2, -0.15) is 0 Å². The molecule has 1 fully saturated rings. The van der Waals surface area contributed by atoms with Crippen LogP contribution < -0.4 is 10.2 Å². The molecule has 2 heterocycles. The number of benzene rings is 2. The van der Waals surface area contributed by atoms with Gasteiger partial charge in [-0.15, -0.1) is 0 Å². The molecule has 2 amide bonds. The lowest BCUT2D eigenvalue weighted by atomic mass is 9.99. The molecule has 1 N–H and O–H groups in total. The Morgan fingerprint density at radius 3 is 2.81 bits per heavy atom. The molecule has 140 valence electrons. The number of rotatable bonds is 3. The van der Waals surface area contributed by atoms with Crippen LogP contribution in [0.1, 0.15) is 46.8 Å². The van der Waals surface area contributed by atoms with Crippen LogP contribution in [0.3, 0.4) is 0 Å². The Bertz CT molecular complexity index is 891. The van der Waals surface area contributed by atoms with Gasteiger partial charge in [-0.05, 0) is 60.7 Å². The van der Waals surface area contributed by atoms with Gasteiger partial charge in [0.2, 0.25) is 5.91 Å². The maximum absolute atomic E-state index is 13.2. The minimum absolute atomic E-state index is 0.0435. The third-order valence-corrected chi connectivity index (χ3v) is 5.53. The van der Waals surface area contributed by atoms with Gasteiger partial charge in [-0.25, -0.2) is 0 Å². The summed E-state index contributed by atoms with van der Waals surface area (Å²) in [7, 11) is 4.06. The smallest absolute Gasteiger partial charge is 0.254 e. The van der Waals surface area contributed by atoms with Gasteiger partial charge < -0.3 is 15.1 Å². The second kappa shape index (κ2) is 7.06. The minimum Gasteiger partial charge on any atom is -0.378 e. The molecule has 27 heavy (non-hydrogen) atoms. The third-order valence-electron chi connectivity index (χ3n) is 5.53. The highest BCUT2D eigenvalue weighted by atomic mass is 16.2. The molecule has 0 saturated carbocycles. The summed E-state index contributed by atoms with van der Waals surface area (Å²) in [5, 5.41) is 2.88. The van der Waals surface area contributed by atoms with Gasteiger partial charge >= 0.3 is 0 Å². The molecule has 2 aromatic carbocycles. The van der Waals surface area contributed by atoms with Gasteiger partial charge in [-0.3, -0.25) is 9.59 Å². The molecule has 5 nitrogen and oxygen atoms in total. The number of nitrogens with one attached hydrogen (secondary N) is 1. The fourth-order valence-electron chi connectivity index (χ4n) is 4.05. The first-order chi connectivity index (χ1) is 13.0. The molecule has 0 aromatic heterocycles. The van der Waals surface area contributed by atoms with Crippen LogP contribution in [0.15, 0.2) is 42.5 Å². The van der Waals surface area contributed by atoms with Crippen LogP contribution in [0.4, 0.5) is 11.4 Å². The number of likely N-dealkylation sites (tertiary alicyclic amines) is 1. The van der Waals surface area contributed by atoms with Crippen molar-refractivity contribution in [1.82, 2.24) is 4.90 Å². The standard InChI is InChI=1S/C22H25N3O2/c1-24(2)18-6-3-5-16(14-18)20-7-4-12-25(20)22(27)17-8-10-19-15(13-17)9-11-21(26)23-19/h3,5-6,8,10,13-14,20H,4,7,9,11-12H2,1-2H3,(H,23,26). The monoisotopic (exact) mass is 363 g/mol. The maximum Gasteiger partial charge on any atom is 0.254 e. The summed E-state index contributed by atoms with van der Waals surface area (Å²) in [6.07, 6.45) is 3.18. The molecular formula is C22H25N3O2. The summed E-state index contributed by atoms with van der Waals surface area (Å²) >= 11 is 0. The number of anilines is 2. The van der Waals surface area contributed by atoms with E-state index in [0.29, 0.717) is 18.4 Å². The summed E-state index contributed by atoms with van der Waals surface area (Å²) in [5.41, 5.74) is 4.93. The van der Waals surface area contributed by atoms with E-state index in [1.54, 1.807) is 0 Å². The molecule has 4 rings (SSSR count). The maximum atomic E-state index is 13.2. The van der Waals surface area contributed by atoms with E-state index >= 15 is 0 Å². The highest BCUT2D eigenvalue weighted by Crippen LogP contribution is 2.35. The molecule has 1 unspecified atom stereocenters. The molecule has 1 saturated heterocycles. The number of aryl methyl sites for hydroxylation is 1. The molecule has 0 bridgehead atoms. The number of hydrogen-bond donors (Lipinski definition) is 1. The van der Waals surface area contributed by atoms with Crippen LogP contribution in [0.2, 0.25) is 0 Å². The van der Waals surface area contributed by atoms with E-state index in [1.807, 2.05) is 37.2 Å². The van der Waals surface area contributed by atoms with E-state index < -0.39 is 0 Å². The van der Waals surface area contributed by atoms with Gasteiger partial charge in [-0.1, -0.05) is 12.1 Å². The van der Waals surface area contributed by atoms with E-state index in [1.165, 1.54) is 5.56 Å². The van der Waals surface area contributed by atoms with E-state index in [0.717, 1.165) is 36.3 Å². The molecule has 5 heteroatoms. The first-order valence-electron chi connectivity index (χ1n) is 9.54. The quantitative estimate of drug-likeness (QED) is 0.906. The van der Waals surface area contributed by atoms with Crippen molar-refractivity contribution < 1.29 is 9.59 Å². The first kappa shape index (κ1) is 17.6. The highest BCUT2D eigenvalue weighted by molar-refractivity contribution is 5.98. The topological polar surface area (TPSA) is 52.7 Å². The van der Waals surface area contributed by atoms with Crippen molar-refractivity contribution in [3.05, 3.63) is 59.2 Å². The molecule has 2 aromatic rings. The van der Waals surface area contributed by atoms with E-state index in [-0.39, 0.29) is 17.9 Å². The van der Waals surface area contributed by atoms with Crippen LogP contribution in [0.25, 0.3) is 0 Å². The Hall–Kier alpha value is -2.82.